The molecule has 1 aliphatic heterocycles. The molecule has 0 aliphatic carbocycles. The molecule has 1 saturated heterocycles. The summed E-state index contributed by atoms with van der Waals surface area (Å²) in [6.07, 6.45) is 3.35. The van der Waals surface area contributed by atoms with E-state index in [2.05, 4.69) is 27.1 Å². The molecule has 0 radical (unpaired) electrons. The number of carbonyl (C=O) groups is 2. The molecule has 3 aromatic rings. The van der Waals surface area contributed by atoms with Crippen molar-refractivity contribution >= 4 is 44.9 Å². The molecule has 0 spiro atoms. The first kappa shape index (κ1) is 23.1. The lowest BCUT2D eigenvalue weighted by Crippen LogP contribution is -2.27. The normalized spacial score (nSPS) is 14.9. The van der Waals surface area contributed by atoms with Crippen LogP contribution in [0.5, 0.6) is 5.75 Å². The molecule has 1 aliphatic rings. The summed E-state index contributed by atoms with van der Waals surface area (Å²) in [4.78, 5) is 26.3. The van der Waals surface area contributed by atoms with Crippen LogP contribution in [0.15, 0.2) is 76.6 Å². The van der Waals surface area contributed by atoms with Gasteiger partial charge in [0.25, 0.3) is 11.1 Å². The van der Waals surface area contributed by atoms with Crippen molar-refractivity contribution in [2.75, 3.05) is 6.54 Å². The number of carbonyl (C=O) groups excluding carboxylic acids is 2. The Morgan fingerprint density at radius 3 is 2.42 bits per heavy atom. The minimum Gasteiger partial charge on any atom is -0.489 e. The van der Waals surface area contributed by atoms with Gasteiger partial charge in [-0.1, -0.05) is 34.1 Å². The molecule has 7 heteroatoms. The van der Waals surface area contributed by atoms with Gasteiger partial charge >= 0.3 is 0 Å². The third kappa shape index (κ3) is 4.99. The Bertz CT molecular complexity index is 1240. The second kappa shape index (κ2) is 9.85. The molecule has 2 heterocycles. The van der Waals surface area contributed by atoms with Crippen molar-refractivity contribution in [3.63, 3.8) is 0 Å². The summed E-state index contributed by atoms with van der Waals surface area (Å²) in [7, 11) is 0. The summed E-state index contributed by atoms with van der Waals surface area (Å²) < 4.78 is 9.08. The van der Waals surface area contributed by atoms with Gasteiger partial charge in [-0.25, -0.2) is 0 Å². The zero-order valence-corrected chi connectivity index (χ0v) is 20.8. The molecule has 33 heavy (non-hydrogen) atoms. The summed E-state index contributed by atoms with van der Waals surface area (Å²) in [5.74, 6) is 0.516. The summed E-state index contributed by atoms with van der Waals surface area (Å²) in [5, 5.41) is -0.265. The molecular formula is C26H23BrN2O3S. The van der Waals surface area contributed by atoms with Crippen LogP contribution in [-0.2, 0) is 11.4 Å². The molecule has 1 aromatic heterocycles. The van der Waals surface area contributed by atoms with E-state index in [9.17, 15) is 9.59 Å². The zero-order valence-electron chi connectivity index (χ0n) is 18.4. The third-order valence-electron chi connectivity index (χ3n) is 5.36. The quantitative estimate of drug-likeness (QED) is 0.257. The fourth-order valence-corrected chi connectivity index (χ4v) is 4.80. The van der Waals surface area contributed by atoms with E-state index in [4.69, 9.17) is 4.74 Å². The smallest absolute Gasteiger partial charge is 0.293 e. The average Bonchev–Trinajstić information content (AvgIpc) is 3.23. The molecule has 4 rings (SSSR count). The van der Waals surface area contributed by atoms with Crippen molar-refractivity contribution in [1.29, 1.82) is 0 Å². The van der Waals surface area contributed by atoms with Crippen molar-refractivity contribution in [1.82, 2.24) is 9.47 Å². The van der Waals surface area contributed by atoms with Crippen LogP contribution < -0.4 is 4.74 Å². The van der Waals surface area contributed by atoms with Crippen molar-refractivity contribution in [2.45, 2.75) is 20.5 Å². The maximum absolute atomic E-state index is 12.5. The molecule has 5 nitrogen and oxygen atoms in total. The molecule has 0 atom stereocenters. The molecule has 2 amide bonds. The maximum atomic E-state index is 12.5. The summed E-state index contributed by atoms with van der Waals surface area (Å²) in [5.41, 5.74) is 5.04. The minimum atomic E-state index is -0.276. The first-order valence-corrected chi connectivity index (χ1v) is 12.0. The third-order valence-corrected chi connectivity index (χ3v) is 6.79. The van der Waals surface area contributed by atoms with E-state index in [-0.39, 0.29) is 17.7 Å². The van der Waals surface area contributed by atoms with Gasteiger partial charge in [-0.05, 0) is 85.3 Å². The summed E-state index contributed by atoms with van der Waals surface area (Å²) in [6, 6.07) is 18.0. The topological polar surface area (TPSA) is 51.5 Å². The van der Waals surface area contributed by atoms with Gasteiger partial charge in [0.1, 0.15) is 12.4 Å². The average molecular weight is 523 g/mol. The van der Waals surface area contributed by atoms with Gasteiger partial charge in [-0.2, -0.15) is 0 Å². The monoisotopic (exact) mass is 522 g/mol. The number of nitrogens with zero attached hydrogens (tertiary/aromatic N) is 2. The van der Waals surface area contributed by atoms with Crippen LogP contribution in [0.4, 0.5) is 4.79 Å². The molecule has 0 N–H and O–H groups in total. The van der Waals surface area contributed by atoms with E-state index in [1.54, 1.807) is 12.2 Å². The number of rotatable bonds is 7. The number of imide groups is 1. The predicted molar refractivity (Wildman–Crippen MR) is 137 cm³/mol. The van der Waals surface area contributed by atoms with Gasteiger partial charge in [-0.3, -0.25) is 14.5 Å². The number of thioether (sulfide) groups is 1. The van der Waals surface area contributed by atoms with Crippen molar-refractivity contribution in [2.24, 2.45) is 0 Å². The van der Waals surface area contributed by atoms with E-state index < -0.39 is 0 Å². The first-order chi connectivity index (χ1) is 15.9. The lowest BCUT2D eigenvalue weighted by Gasteiger charge is -2.12. The van der Waals surface area contributed by atoms with Crippen LogP contribution in [0.1, 0.15) is 22.5 Å². The van der Waals surface area contributed by atoms with Crippen molar-refractivity contribution < 1.29 is 14.3 Å². The molecule has 2 aromatic carbocycles. The Kier molecular flexibility index (Phi) is 6.91. The first-order valence-electron chi connectivity index (χ1n) is 10.4. The fraction of sp³-hybridized carbons (Fsp3) is 0.154. The number of aromatic nitrogens is 1. The Labute approximate surface area is 205 Å². The summed E-state index contributed by atoms with van der Waals surface area (Å²) >= 11 is 4.40. The zero-order chi connectivity index (χ0) is 23.5. The predicted octanol–water partition coefficient (Wildman–Crippen LogP) is 6.66. The van der Waals surface area contributed by atoms with Gasteiger partial charge in [-0.15, -0.1) is 6.58 Å². The molecule has 0 unspecified atom stereocenters. The van der Waals surface area contributed by atoms with Gasteiger partial charge in [0.15, 0.2) is 0 Å². The van der Waals surface area contributed by atoms with Gasteiger partial charge in [0, 0.05) is 28.1 Å². The number of hydrogen-bond acceptors (Lipinski definition) is 4. The van der Waals surface area contributed by atoms with Crippen LogP contribution in [-0.4, -0.2) is 27.2 Å². The second-order valence-electron chi connectivity index (χ2n) is 7.65. The second-order valence-corrected chi connectivity index (χ2v) is 9.56. The van der Waals surface area contributed by atoms with Gasteiger partial charge in [0.05, 0.1) is 4.91 Å². The molecular weight excluding hydrogens is 500 g/mol. The van der Waals surface area contributed by atoms with Crippen LogP contribution in [0.25, 0.3) is 11.8 Å². The Morgan fingerprint density at radius 2 is 1.76 bits per heavy atom. The number of benzene rings is 2. The number of amides is 2. The minimum absolute atomic E-state index is 0.220. The lowest BCUT2D eigenvalue weighted by atomic mass is 10.2. The van der Waals surface area contributed by atoms with Crippen LogP contribution in [0, 0.1) is 13.8 Å². The number of aryl methyl sites for hydroxylation is 1. The standard InChI is InChI=1S/C26H23BrN2O3S/c1-4-13-28-25(30)24(33-26(28)31)15-20-14-17(2)29(18(20)3)22-9-11-23(12-10-22)32-16-19-5-7-21(27)8-6-19/h4-12,14-15H,1,13,16H2,2-3H3/b24-15+. The van der Waals surface area contributed by atoms with E-state index in [0.717, 1.165) is 50.2 Å². The Hall–Kier alpha value is -3.03. The van der Waals surface area contributed by atoms with Crippen molar-refractivity contribution in [3.05, 3.63) is 99.1 Å². The largest absolute Gasteiger partial charge is 0.489 e. The Morgan fingerprint density at radius 1 is 1.06 bits per heavy atom. The number of ether oxygens (including phenoxy) is 1. The fourth-order valence-electron chi connectivity index (χ4n) is 3.70. The number of hydrogen-bond donors (Lipinski definition) is 0. The van der Waals surface area contributed by atoms with E-state index >= 15 is 0 Å². The molecule has 1 fully saturated rings. The molecule has 0 bridgehead atoms. The van der Waals surface area contributed by atoms with Gasteiger partial charge in [0.2, 0.25) is 0 Å². The summed E-state index contributed by atoms with van der Waals surface area (Å²) in [6.45, 7) is 8.36. The van der Waals surface area contributed by atoms with Gasteiger partial charge < -0.3 is 9.30 Å². The van der Waals surface area contributed by atoms with E-state index in [0.29, 0.717) is 11.5 Å². The maximum Gasteiger partial charge on any atom is 0.293 e. The van der Waals surface area contributed by atoms with Crippen LogP contribution >= 0.6 is 27.7 Å². The van der Waals surface area contributed by atoms with E-state index in [1.807, 2.05) is 68.4 Å². The molecule has 0 saturated carbocycles. The highest BCUT2D eigenvalue weighted by Crippen LogP contribution is 2.33. The van der Waals surface area contributed by atoms with Crippen molar-refractivity contribution in [3.8, 4) is 11.4 Å². The van der Waals surface area contributed by atoms with E-state index in [1.165, 1.54) is 4.90 Å². The SMILES string of the molecule is C=CCN1C(=O)S/C(=C/c2cc(C)n(-c3ccc(OCc4ccc(Br)cc4)cc3)c2C)C1=O. The molecule has 168 valence electrons. The lowest BCUT2D eigenvalue weighted by molar-refractivity contribution is -0.122. The highest BCUT2D eigenvalue weighted by molar-refractivity contribution is 9.10. The Balaban J connectivity index is 1.52. The van der Waals surface area contributed by atoms with Crippen LogP contribution in [0.2, 0.25) is 0 Å². The van der Waals surface area contributed by atoms with Crippen LogP contribution in [0.3, 0.4) is 0 Å². The highest BCUT2D eigenvalue weighted by Gasteiger charge is 2.34. The number of halogens is 1. The highest BCUT2D eigenvalue weighted by atomic mass is 79.9.